The maximum atomic E-state index is 12.8. The van der Waals surface area contributed by atoms with Crippen molar-refractivity contribution in [2.45, 2.75) is 39.3 Å². The topological polar surface area (TPSA) is 93.5 Å². The van der Waals surface area contributed by atoms with Gasteiger partial charge in [-0.15, -0.1) is 0 Å². The number of hydrogen-bond donors (Lipinski definition) is 0. The van der Waals surface area contributed by atoms with Crippen LogP contribution in [0.5, 0.6) is 5.75 Å². The Balaban J connectivity index is 1.65. The van der Waals surface area contributed by atoms with E-state index in [9.17, 15) is 14.7 Å². The Labute approximate surface area is 174 Å². The van der Waals surface area contributed by atoms with E-state index in [2.05, 4.69) is 4.98 Å². The summed E-state index contributed by atoms with van der Waals surface area (Å²) in [6.07, 6.45) is -0.0932. The molecule has 0 aliphatic heterocycles. The molecule has 1 atom stereocenters. The molecule has 0 spiro atoms. The van der Waals surface area contributed by atoms with E-state index in [1.54, 1.807) is 41.8 Å². The van der Waals surface area contributed by atoms with E-state index in [0.717, 1.165) is 11.4 Å². The summed E-state index contributed by atoms with van der Waals surface area (Å²) in [5.74, 6) is 0.139. The molecule has 1 heterocycles. The van der Waals surface area contributed by atoms with Gasteiger partial charge in [-0.05, 0) is 36.8 Å². The summed E-state index contributed by atoms with van der Waals surface area (Å²) in [5.41, 5.74) is 1.45. The van der Waals surface area contributed by atoms with E-state index in [1.165, 1.54) is 0 Å². The second-order valence-corrected chi connectivity index (χ2v) is 6.82. The summed E-state index contributed by atoms with van der Waals surface area (Å²) >= 11 is 0. The normalized spacial score (nSPS) is 12.1. The van der Waals surface area contributed by atoms with Crippen LogP contribution in [0.1, 0.15) is 25.2 Å². The van der Waals surface area contributed by atoms with E-state index in [1.807, 2.05) is 25.1 Å². The second-order valence-electron chi connectivity index (χ2n) is 6.82. The average Bonchev–Trinajstić information content (AvgIpc) is 2.75. The zero-order valence-electron chi connectivity index (χ0n) is 17.2. The molecule has 0 saturated heterocycles. The third kappa shape index (κ3) is 5.04. The van der Waals surface area contributed by atoms with Gasteiger partial charge in [0.2, 0.25) is 0 Å². The highest BCUT2D eigenvalue weighted by Gasteiger charge is 2.12. The number of rotatable bonds is 10. The highest BCUT2D eigenvalue weighted by molar-refractivity contribution is 5.77. The van der Waals surface area contributed by atoms with Gasteiger partial charge in [-0.2, -0.15) is 0 Å². The number of para-hydroxylation sites is 1. The van der Waals surface area contributed by atoms with Gasteiger partial charge in [0.15, 0.2) is 0 Å². The van der Waals surface area contributed by atoms with Crippen molar-refractivity contribution in [2.24, 2.45) is 0 Å². The van der Waals surface area contributed by atoms with Crippen LogP contribution in [0.4, 0.5) is 0 Å². The summed E-state index contributed by atoms with van der Waals surface area (Å²) in [7, 11) is 0. The number of aliphatic carboxylic acids is 1. The smallest absolute Gasteiger partial charge is 0.261 e. The van der Waals surface area contributed by atoms with E-state index in [0.29, 0.717) is 42.8 Å². The molecule has 0 aliphatic carbocycles. The molecular formula is C23H25N2O5-. The minimum Gasteiger partial charge on any atom is -0.547 e. The Morgan fingerprint density at radius 1 is 1.13 bits per heavy atom. The van der Waals surface area contributed by atoms with E-state index in [4.69, 9.17) is 9.47 Å². The number of carbonyl (C=O) groups is 1. The van der Waals surface area contributed by atoms with Crippen LogP contribution in [0.2, 0.25) is 0 Å². The molecule has 0 amide bonds. The Kier molecular flexibility index (Phi) is 7.19. The van der Waals surface area contributed by atoms with Crippen LogP contribution < -0.4 is 15.4 Å². The SMILES string of the molecule is CCO[C@@H](Cc1ccc(OCCn2c(CC)nc3ccccc3c2=O)cc1)C(=O)[O-]. The van der Waals surface area contributed by atoms with Gasteiger partial charge >= 0.3 is 0 Å². The fraction of sp³-hybridized carbons (Fsp3) is 0.348. The van der Waals surface area contributed by atoms with Gasteiger partial charge in [-0.3, -0.25) is 9.36 Å². The van der Waals surface area contributed by atoms with Gasteiger partial charge in [-0.25, -0.2) is 4.98 Å². The Hall–Kier alpha value is -3.19. The monoisotopic (exact) mass is 409 g/mol. The molecule has 0 saturated carbocycles. The molecule has 3 aromatic rings. The lowest BCUT2D eigenvalue weighted by molar-refractivity contribution is -0.316. The Morgan fingerprint density at radius 2 is 1.87 bits per heavy atom. The van der Waals surface area contributed by atoms with Gasteiger partial charge < -0.3 is 19.4 Å². The quantitative estimate of drug-likeness (QED) is 0.506. The molecule has 0 fully saturated rings. The highest BCUT2D eigenvalue weighted by atomic mass is 16.5. The van der Waals surface area contributed by atoms with Crippen molar-refractivity contribution in [1.29, 1.82) is 0 Å². The summed E-state index contributed by atoms with van der Waals surface area (Å²) < 4.78 is 12.6. The van der Waals surface area contributed by atoms with E-state index in [-0.39, 0.29) is 12.0 Å². The lowest BCUT2D eigenvalue weighted by atomic mass is 10.1. The van der Waals surface area contributed by atoms with Crippen molar-refractivity contribution in [3.8, 4) is 5.75 Å². The van der Waals surface area contributed by atoms with Gasteiger partial charge in [-0.1, -0.05) is 31.2 Å². The molecule has 1 aromatic heterocycles. The number of benzene rings is 2. The molecule has 3 rings (SSSR count). The summed E-state index contributed by atoms with van der Waals surface area (Å²) in [5, 5.41) is 11.7. The van der Waals surface area contributed by atoms with Crippen molar-refractivity contribution in [3.05, 3.63) is 70.3 Å². The third-order valence-corrected chi connectivity index (χ3v) is 4.82. The predicted molar refractivity (Wildman–Crippen MR) is 111 cm³/mol. The zero-order valence-corrected chi connectivity index (χ0v) is 17.2. The molecular weight excluding hydrogens is 384 g/mol. The first kappa shape index (κ1) is 21.5. The number of ether oxygens (including phenoxy) is 2. The van der Waals surface area contributed by atoms with Gasteiger partial charge in [0.05, 0.1) is 23.4 Å². The molecule has 0 radical (unpaired) electrons. The van der Waals surface area contributed by atoms with E-state index < -0.39 is 12.1 Å². The number of nitrogens with zero attached hydrogens (tertiary/aromatic N) is 2. The lowest BCUT2D eigenvalue weighted by Crippen LogP contribution is -2.39. The van der Waals surface area contributed by atoms with Crippen LogP contribution in [0.15, 0.2) is 53.3 Å². The number of carbonyl (C=O) groups excluding carboxylic acids is 1. The minimum atomic E-state index is -1.22. The van der Waals surface area contributed by atoms with Crippen LogP contribution >= 0.6 is 0 Å². The second kappa shape index (κ2) is 10.0. The molecule has 0 aliphatic rings. The van der Waals surface area contributed by atoms with Gasteiger partial charge in [0.1, 0.15) is 24.3 Å². The largest absolute Gasteiger partial charge is 0.547 e. The average molecular weight is 409 g/mol. The van der Waals surface area contributed by atoms with Crippen LogP contribution in [0.25, 0.3) is 10.9 Å². The van der Waals surface area contributed by atoms with Gasteiger partial charge in [0, 0.05) is 19.4 Å². The number of hydrogen-bond acceptors (Lipinski definition) is 6. The summed E-state index contributed by atoms with van der Waals surface area (Å²) in [6.45, 7) is 4.72. The van der Waals surface area contributed by atoms with Gasteiger partial charge in [0.25, 0.3) is 5.56 Å². The van der Waals surface area contributed by atoms with Crippen molar-refractivity contribution in [3.63, 3.8) is 0 Å². The number of carboxylic acids is 1. The zero-order chi connectivity index (χ0) is 21.5. The number of fused-ring (bicyclic) bond motifs is 1. The van der Waals surface area contributed by atoms with Crippen molar-refractivity contribution < 1.29 is 19.4 Å². The van der Waals surface area contributed by atoms with Crippen LogP contribution in [0, 0.1) is 0 Å². The molecule has 0 N–H and O–H groups in total. The molecule has 30 heavy (non-hydrogen) atoms. The van der Waals surface area contributed by atoms with Crippen molar-refractivity contribution >= 4 is 16.9 Å². The standard InChI is InChI=1S/C23H26N2O5/c1-3-21-24-19-8-6-5-7-18(19)22(26)25(21)13-14-30-17-11-9-16(10-12-17)15-20(23(27)28)29-4-2/h5-12,20H,3-4,13-15H2,1-2H3,(H,27,28)/p-1/t20-/m0/s1. The lowest BCUT2D eigenvalue weighted by Gasteiger charge is -2.18. The fourth-order valence-electron chi connectivity index (χ4n) is 3.32. The molecule has 7 heteroatoms. The Bertz CT molecular complexity index is 1060. The molecule has 158 valence electrons. The van der Waals surface area contributed by atoms with Crippen LogP contribution in [0.3, 0.4) is 0 Å². The molecule has 0 bridgehead atoms. The summed E-state index contributed by atoms with van der Waals surface area (Å²) in [6, 6.07) is 14.5. The third-order valence-electron chi connectivity index (χ3n) is 4.82. The molecule has 7 nitrogen and oxygen atoms in total. The highest BCUT2D eigenvalue weighted by Crippen LogP contribution is 2.15. The Morgan fingerprint density at radius 3 is 2.53 bits per heavy atom. The molecule has 2 aromatic carbocycles. The first-order valence-electron chi connectivity index (χ1n) is 10.1. The summed E-state index contributed by atoms with van der Waals surface area (Å²) in [4.78, 5) is 28.5. The molecule has 0 unspecified atom stereocenters. The first-order chi connectivity index (χ1) is 14.5. The van der Waals surface area contributed by atoms with Crippen molar-refractivity contribution in [1.82, 2.24) is 9.55 Å². The number of carboxylic acid groups (broad SMARTS) is 1. The maximum absolute atomic E-state index is 12.8. The fourth-order valence-corrected chi connectivity index (χ4v) is 3.32. The number of aryl methyl sites for hydroxylation is 1. The number of aromatic nitrogens is 2. The van der Waals surface area contributed by atoms with Crippen molar-refractivity contribution in [2.75, 3.05) is 13.2 Å². The maximum Gasteiger partial charge on any atom is 0.261 e. The minimum absolute atomic E-state index is 0.0688. The van der Waals surface area contributed by atoms with Crippen LogP contribution in [-0.2, 0) is 28.9 Å². The van der Waals surface area contributed by atoms with E-state index >= 15 is 0 Å². The van der Waals surface area contributed by atoms with Crippen LogP contribution in [-0.4, -0.2) is 34.8 Å². The first-order valence-corrected chi connectivity index (χ1v) is 10.1. The predicted octanol–water partition coefficient (Wildman–Crippen LogP) is 1.74.